The van der Waals surface area contributed by atoms with Crippen molar-refractivity contribution in [2.24, 2.45) is 16.6 Å². The van der Waals surface area contributed by atoms with E-state index in [-0.39, 0.29) is 12.1 Å². The van der Waals surface area contributed by atoms with Gasteiger partial charge < -0.3 is 20.5 Å². The van der Waals surface area contributed by atoms with Crippen LogP contribution in [0.1, 0.15) is 45.2 Å². The lowest BCUT2D eigenvalue weighted by Crippen LogP contribution is -2.40. The minimum absolute atomic E-state index is 0.124. The van der Waals surface area contributed by atoms with Crippen LogP contribution in [0.15, 0.2) is 23.2 Å². The van der Waals surface area contributed by atoms with Crippen LogP contribution in [0, 0.1) is 12.8 Å². The second kappa shape index (κ2) is 10.2. The number of benzene rings is 1. The average Bonchev–Trinajstić information content (AvgIpc) is 2.45. The first-order valence-corrected chi connectivity index (χ1v) is 8.63. The molecular formula is C19H33N3O2. The van der Waals surface area contributed by atoms with E-state index in [4.69, 9.17) is 15.2 Å². The van der Waals surface area contributed by atoms with Crippen molar-refractivity contribution in [2.75, 3.05) is 13.7 Å². The fraction of sp³-hybridized carbons (Fsp3) is 0.632. The summed E-state index contributed by atoms with van der Waals surface area (Å²) in [5.74, 6) is 1.92. The van der Waals surface area contributed by atoms with Crippen LogP contribution in [0.2, 0.25) is 0 Å². The number of aryl methyl sites for hydroxylation is 1. The summed E-state index contributed by atoms with van der Waals surface area (Å²) in [6.07, 6.45) is 1.20. The topological polar surface area (TPSA) is 68.9 Å². The smallest absolute Gasteiger partial charge is 0.189 e. The number of nitrogens with one attached hydrogen (secondary N) is 1. The van der Waals surface area contributed by atoms with Crippen LogP contribution in [-0.2, 0) is 11.3 Å². The predicted molar refractivity (Wildman–Crippen MR) is 101 cm³/mol. The molecular weight excluding hydrogens is 302 g/mol. The Balaban J connectivity index is 2.76. The molecule has 2 atom stereocenters. The zero-order valence-corrected chi connectivity index (χ0v) is 15.9. The summed E-state index contributed by atoms with van der Waals surface area (Å²) in [6.45, 7) is 11.7. The van der Waals surface area contributed by atoms with E-state index in [1.165, 1.54) is 5.56 Å². The van der Waals surface area contributed by atoms with Crippen molar-refractivity contribution in [3.8, 4) is 5.75 Å². The Bertz CT molecular complexity index is 529. The molecule has 0 aliphatic heterocycles. The second-order valence-electron chi connectivity index (χ2n) is 6.87. The van der Waals surface area contributed by atoms with E-state index in [0.29, 0.717) is 25.0 Å². The monoisotopic (exact) mass is 335 g/mol. The molecule has 0 saturated carbocycles. The third kappa shape index (κ3) is 7.68. The molecule has 5 heteroatoms. The van der Waals surface area contributed by atoms with Crippen LogP contribution < -0.4 is 15.8 Å². The van der Waals surface area contributed by atoms with E-state index >= 15 is 0 Å². The van der Waals surface area contributed by atoms with Crippen LogP contribution in [-0.4, -0.2) is 31.8 Å². The van der Waals surface area contributed by atoms with E-state index in [0.717, 1.165) is 17.7 Å². The molecule has 0 aliphatic carbocycles. The molecule has 2 unspecified atom stereocenters. The number of nitrogens with zero attached hydrogens (tertiary/aromatic N) is 1. The van der Waals surface area contributed by atoms with Crippen LogP contribution in [0.25, 0.3) is 0 Å². The van der Waals surface area contributed by atoms with Gasteiger partial charge in [0.05, 0.1) is 19.3 Å². The van der Waals surface area contributed by atoms with Crippen molar-refractivity contribution in [3.05, 3.63) is 29.3 Å². The molecule has 0 bridgehead atoms. The fourth-order valence-electron chi connectivity index (χ4n) is 2.59. The molecule has 5 nitrogen and oxygen atoms in total. The van der Waals surface area contributed by atoms with E-state index in [1.54, 1.807) is 7.11 Å². The number of ether oxygens (including phenoxy) is 2. The third-order valence-electron chi connectivity index (χ3n) is 3.58. The number of aliphatic imine (C=N–C) groups is 1. The highest BCUT2D eigenvalue weighted by molar-refractivity contribution is 5.78. The third-order valence-corrected chi connectivity index (χ3v) is 3.58. The van der Waals surface area contributed by atoms with Gasteiger partial charge in [-0.15, -0.1) is 0 Å². The van der Waals surface area contributed by atoms with Crippen molar-refractivity contribution >= 4 is 5.96 Å². The molecule has 0 spiro atoms. The molecule has 0 heterocycles. The molecule has 0 amide bonds. The van der Waals surface area contributed by atoms with Crippen LogP contribution in [0.4, 0.5) is 0 Å². The van der Waals surface area contributed by atoms with E-state index < -0.39 is 0 Å². The molecule has 1 rings (SSSR count). The SMILES string of the molecule is COCC(C)NC(N)=NCc1ccc(C)cc1OC(C)CC(C)C. The van der Waals surface area contributed by atoms with Crippen LogP contribution in [0.3, 0.4) is 0 Å². The molecule has 0 saturated heterocycles. The van der Waals surface area contributed by atoms with Crippen molar-refractivity contribution in [3.63, 3.8) is 0 Å². The van der Waals surface area contributed by atoms with Crippen molar-refractivity contribution < 1.29 is 9.47 Å². The molecule has 1 aromatic rings. The summed E-state index contributed by atoms with van der Waals surface area (Å²) < 4.78 is 11.2. The van der Waals surface area contributed by atoms with Gasteiger partial charge in [0, 0.05) is 18.7 Å². The van der Waals surface area contributed by atoms with Gasteiger partial charge in [0.1, 0.15) is 5.75 Å². The van der Waals surface area contributed by atoms with Crippen LogP contribution in [0.5, 0.6) is 5.75 Å². The Morgan fingerprint density at radius 2 is 1.96 bits per heavy atom. The van der Waals surface area contributed by atoms with Gasteiger partial charge in [0.25, 0.3) is 0 Å². The average molecular weight is 335 g/mol. The Morgan fingerprint density at radius 1 is 1.25 bits per heavy atom. The summed E-state index contributed by atoms with van der Waals surface area (Å²) in [4.78, 5) is 4.42. The molecule has 0 fully saturated rings. The number of guanidine groups is 1. The molecule has 136 valence electrons. The first-order valence-electron chi connectivity index (χ1n) is 8.63. The maximum atomic E-state index is 6.14. The molecule has 3 N–H and O–H groups in total. The lowest BCUT2D eigenvalue weighted by molar-refractivity contribution is 0.179. The number of nitrogens with two attached hydrogens (primary N) is 1. The van der Waals surface area contributed by atoms with Gasteiger partial charge in [-0.2, -0.15) is 0 Å². The number of hydrogen-bond acceptors (Lipinski definition) is 3. The normalized spacial score (nSPS) is 14.5. The quantitative estimate of drug-likeness (QED) is 0.537. The Labute approximate surface area is 146 Å². The van der Waals surface area contributed by atoms with E-state index in [2.05, 4.69) is 56.2 Å². The molecule has 24 heavy (non-hydrogen) atoms. The highest BCUT2D eigenvalue weighted by atomic mass is 16.5. The molecule has 0 aliphatic rings. The number of methoxy groups -OCH3 is 1. The van der Waals surface area contributed by atoms with Crippen molar-refractivity contribution in [1.82, 2.24) is 5.32 Å². The van der Waals surface area contributed by atoms with E-state index in [1.807, 2.05) is 6.92 Å². The van der Waals surface area contributed by atoms with Gasteiger partial charge in [-0.05, 0) is 44.7 Å². The lowest BCUT2D eigenvalue weighted by Gasteiger charge is -2.19. The molecule has 1 aromatic carbocycles. The van der Waals surface area contributed by atoms with Crippen molar-refractivity contribution in [1.29, 1.82) is 0 Å². The maximum Gasteiger partial charge on any atom is 0.189 e. The van der Waals surface area contributed by atoms with Crippen LogP contribution >= 0.6 is 0 Å². The van der Waals surface area contributed by atoms with Gasteiger partial charge in [-0.1, -0.05) is 26.0 Å². The summed E-state index contributed by atoms with van der Waals surface area (Å²) in [5, 5.41) is 3.11. The zero-order chi connectivity index (χ0) is 18.1. The highest BCUT2D eigenvalue weighted by Gasteiger charge is 2.11. The minimum Gasteiger partial charge on any atom is -0.490 e. The summed E-state index contributed by atoms with van der Waals surface area (Å²) >= 11 is 0. The zero-order valence-electron chi connectivity index (χ0n) is 15.9. The predicted octanol–water partition coefficient (Wildman–Crippen LogP) is 3.25. The summed E-state index contributed by atoms with van der Waals surface area (Å²) in [7, 11) is 1.67. The first-order chi connectivity index (χ1) is 11.3. The largest absolute Gasteiger partial charge is 0.490 e. The molecule has 0 radical (unpaired) electrons. The number of hydrogen-bond donors (Lipinski definition) is 2. The Kier molecular flexibility index (Phi) is 8.61. The fourth-order valence-corrected chi connectivity index (χ4v) is 2.59. The Hall–Kier alpha value is -1.75. The van der Waals surface area contributed by atoms with E-state index in [9.17, 15) is 0 Å². The summed E-state index contributed by atoms with van der Waals surface area (Å²) in [5.41, 5.74) is 8.16. The first kappa shape index (κ1) is 20.3. The van der Waals surface area contributed by atoms with Gasteiger partial charge in [-0.25, -0.2) is 4.99 Å². The second-order valence-corrected chi connectivity index (χ2v) is 6.87. The minimum atomic E-state index is 0.124. The highest BCUT2D eigenvalue weighted by Crippen LogP contribution is 2.24. The Morgan fingerprint density at radius 3 is 2.58 bits per heavy atom. The van der Waals surface area contributed by atoms with Gasteiger partial charge in [0.2, 0.25) is 0 Å². The van der Waals surface area contributed by atoms with Gasteiger partial charge in [-0.3, -0.25) is 0 Å². The lowest BCUT2D eigenvalue weighted by atomic mass is 10.1. The van der Waals surface area contributed by atoms with Gasteiger partial charge >= 0.3 is 0 Å². The summed E-state index contributed by atoms with van der Waals surface area (Å²) in [6, 6.07) is 6.32. The van der Waals surface area contributed by atoms with Gasteiger partial charge in [0.15, 0.2) is 5.96 Å². The van der Waals surface area contributed by atoms with Crippen molar-refractivity contribution in [2.45, 2.75) is 59.7 Å². The number of rotatable bonds is 9. The molecule has 0 aromatic heterocycles. The maximum absolute atomic E-state index is 6.14. The standard InChI is InChI=1S/C19H33N3O2/c1-13(2)9-16(5)24-18-10-14(3)7-8-17(18)11-21-19(20)22-15(4)12-23-6/h7-8,10,13,15-16H,9,11-12H2,1-6H3,(H3,20,21,22).